The first-order chi connectivity index (χ1) is 12.1. The number of nitrogens with one attached hydrogen (secondary N) is 1. The number of aromatic nitrogens is 2. The maximum absolute atomic E-state index is 11.7. The van der Waals surface area contributed by atoms with Crippen LogP contribution in [-0.2, 0) is 0 Å². The summed E-state index contributed by atoms with van der Waals surface area (Å²) in [5, 5.41) is 14.7. The van der Waals surface area contributed by atoms with Crippen molar-refractivity contribution in [2.75, 3.05) is 42.9 Å². The molecule has 0 atom stereocenters. The van der Waals surface area contributed by atoms with Crippen molar-refractivity contribution < 1.29 is 4.92 Å². The largest absolute Gasteiger partial charge is 0.353 e. The second kappa shape index (κ2) is 7.91. The zero-order valence-electron chi connectivity index (χ0n) is 13.9. The molecule has 1 saturated heterocycles. The molecule has 1 fully saturated rings. The smallest absolute Gasteiger partial charge is 0.348 e. The van der Waals surface area contributed by atoms with Gasteiger partial charge in [-0.15, -0.1) is 0 Å². The van der Waals surface area contributed by atoms with Crippen LogP contribution in [-0.4, -0.2) is 52.5 Å². The lowest BCUT2D eigenvalue weighted by atomic mass is 10.2. The van der Waals surface area contributed by atoms with E-state index < -0.39 is 4.92 Å². The predicted molar refractivity (Wildman–Crippen MR) is 105 cm³/mol. The van der Waals surface area contributed by atoms with Gasteiger partial charge in [-0.05, 0) is 53.4 Å². The maximum atomic E-state index is 11.7. The molecule has 0 radical (unpaired) electrons. The highest BCUT2D eigenvalue weighted by Gasteiger charge is 2.29. The average molecular weight is 454 g/mol. The van der Waals surface area contributed by atoms with Crippen LogP contribution in [0.4, 0.5) is 23.0 Å². The zero-order chi connectivity index (χ0) is 17.8. The van der Waals surface area contributed by atoms with Crippen LogP contribution in [0.25, 0.3) is 0 Å². The first-order valence-electron chi connectivity index (χ1n) is 8.07. The number of nitro groups is 1. The summed E-state index contributed by atoms with van der Waals surface area (Å²) in [5.41, 5.74) is 0.676. The first kappa shape index (κ1) is 17.8. The summed E-state index contributed by atoms with van der Waals surface area (Å²) in [5.74, 6) is 0.595. The van der Waals surface area contributed by atoms with Gasteiger partial charge in [-0.3, -0.25) is 10.1 Å². The normalized spacial score (nSPS) is 15.2. The molecule has 1 aromatic carbocycles. The van der Waals surface area contributed by atoms with Gasteiger partial charge >= 0.3 is 5.69 Å². The van der Waals surface area contributed by atoms with Gasteiger partial charge < -0.3 is 15.1 Å². The van der Waals surface area contributed by atoms with Crippen molar-refractivity contribution in [1.82, 2.24) is 14.9 Å². The molecular formula is C16H19IN6O2. The minimum Gasteiger partial charge on any atom is -0.348 e. The monoisotopic (exact) mass is 454 g/mol. The molecule has 0 saturated carbocycles. The van der Waals surface area contributed by atoms with Crippen molar-refractivity contribution in [2.45, 2.75) is 6.92 Å². The summed E-state index contributed by atoms with van der Waals surface area (Å²) in [6.45, 7) is 6.28. The maximum Gasteiger partial charge on any atom is 0.353 e. The molecule has 2 aromatic rings. The van der Waals surface area contributed by atoms with Gasteiger partial charge in [-0.2, -0.15) is 0 Å². The molecule has 1 aliphatic rings. The lowest BCUT2D eigenvalue weighted by molar-refractivity contribution is -0.383. The summed E-state index contributed by atoms with van der Waals surface area (Å²) < 4.78 is 1.09. The van der Waals surface area contributed by atoms with Crippen molar-refractivity contribution in [3.8, 4) is 0 Å². The molecule has 0 spiro atoms. The van der Waals surface area contributed by atoms with E-state index in [4.69, 9.17) is 0 Å². The number of halogens is 1. The van der Waals surface area contributed by atoms with Gasteiger partial charge in [0.05, 0.1) is 4.92 Å². The highest BCUT2D eigenvalue weighted by Crippen LogP contribution is 2.34. The minimum atomic E-state index is -0.406. The van der Waals surface area contributed by atoms with Crippen LogP contribution >= 0.6 is 22.6 Å². The zero-order valence-corrected chi connectivity index (χ0v) is 16.0. The number of hydrogen-bond donors (Lipinski definition) is 1. The van der Waals surface area contributed by atoms with Crippen LogP contribution in [0.15, 0.2) is 30.6 Å². The first-order valence-corrected chi connectivity index (χ1v) is 9.15. The molecule has 132 valence electrons. The Kier molecular flexibility index (Phi) is 5.63. The Morgan fingerprint density at radius 1 is 1.20 bits per heavy atom. The van der Waals surface area contributed by atoms with Gasteiger partial charge in [-0.1, -0.05) is 6.92 Å². The lowest BCUT2D eigenvalue weighted by Gasteiger charge is -2.34. The van der Waals surface area contributed by atoms with Gasteiger partial charge in [-0.25, -0.2) is 9.97 Å². The average Bonchev–Trinajstić information content (AvgIpc) is 2.63. The molecule has 3 rings (SSSR count). The Bertz CT molecular complexity index is 747. The van der Waals surface area contributed by atoms with E-state index in [1.165, 1.54) is 6.33 Å². The Balaban J connectivity index is 1.89. The van der Waals surface area contributed by atoms with Crippen molar-refractivity contribution in [3.63, 3.8) is 0 Å². The molecular weight excluding hydrogens is 435 g/mol. The summed E-state index contributed by atoms with van der Waals surface area (Å²) in [6, 6.07) is 7.60. The third-order valence-corrected chi connectivity index (χ3v) is 4.93. The molecule has 9 heteroatoms. The molecule has 0 aliphatic carbocycles. The van der Waals surface area contributed by atoms with Gasteiger partial charge in [0.1, 0.15) is 6.33 Å². The van der Waals surface area contributed by atoms with E-state index in [0.29, 0.717) is 18.9 Å². The van der Waals surface area contributed by atoms with Gasteiger partial charge in [0.25, 0.3) is 0 Å². The summed E-state index contributed by atoms with van der Waals surface area (Å²) in [6.07, 6.45) is 1.38. The Labute approximate surface area is 159 Å². The third-order valence-electron chi connectivity index (χ3n) is 4.21. The van der Waals surface area contributed by atoms with Crippen LogP contribution in [0.1, 0.15) is 6.92 Å². The summed E-state index contributed by atoms with van der Waals surface area (Å²) in [4.78, 5) is 23.9. The topological polar surface area (TPSA) is 87.4 Å². The van der Waals surface area contributed by atoms with E-state index in [9.17, 15) is 10.1 Å². The van der Waals surface area contributed by atoms with E-state index in [1.807, 2.05) is 29.2 Å². The summed E-state index contributed by atoms with van der Waals surface area (Å²) in [7, 11) is 0. The van der Waals surface area contributed by atoms with Crippen molar-refractivity contribution >= 4 is 45.6 Å². The Morgan fingerprint density at radius 2 is 1.88 bits per heavy atom. The molecule has 0 amide bonds. The van der Waals surface area contributed by atoms with Crippen molar-refractivity contribution in [2.24, 2.45) is 0 Å². The van der Waals surface area contributed by atoms with Gasteiger partial charge in [0.15, 0.2) is 0 Å². The number of nitrogens with zero attached hydrogens (tertiary/aromatic N) is 5. The Hall–Kier alpha value is -2.01. The highest BCUT2D eigenvalue weighted by molar-refractivity contribution is 14.1. The van der Waals surface area contributed by atoms with E-state index in [2.05, 4.69) is 49.7 Å². The molecule has 25 heavy (non-hydrogen) atoms. The van der Waals surface area contributed by atoms with Crippen LogP contribution in [0.3, 0.4) is 0 Å². The standard InChI is InChI=1S/C16H19IN6O2/c1-2-21-7-9-22(10-8-21)16-14(23(24)25)15(18-11-19-16)20-13-5-3-12(17)4-6-13/h3-6,11H,2,7-10H2,1H3,(H,18,19,20). The second-order valence-electron chi connectivity index (χ2n) is 5.70. The lowest BCUT2D eigenvalue weighted by Crippen LogP contribution is -2.46. The number of benzene rings is 1. The molecule has 2 heterocycles. The van der Waals surface area contributed by atoms with Crippen molar-refractivity contribution in [3.05, 3.63) is 44.3 Å². The van der Waals surface area contributed by atoms with Gasteiger partial charge in [0.2, 0.25) is 11.6 Å². The number of hydrogen-bond acceptors (Lipinski definition) is 7. The second-order valence-corrected chi connectivity index (χ2v) is 6.95. The number of anilines is 3. The summed E-state index contributed by atoms with van der Waals surface area (Å²) >= 11 is 2.21. The highest BCUT2D eigenvalue weighted by atomic mass is 127. The quantitative estimate of drug-likeness (QED) is 0.423. The number of piperazine rings is 1. The number of likely N-dealkylation sites (N-methyl/N-ethyl adjacent to an activating group) is 1. The van der Waals surface area contributed by atoms with Crippen molar-refractivity contribution in [1.29, 1.82) is 0 Å². The van der Waals surface area contributed by atoms with Crippen LogP contribution in [0.2, 0.25) is 0 Å². The predicted octanol–water partition coefficient (Wildman–Crippen LogP) is 2.87. The molecule has 0 bridgehead atoms. The van der Waals surface area contributed by atoms with E-state index in [1.54, 1.807) is 0 Å². The molecule has 1 aliphatic heterocycles. The van der Waals surface area contributed by atoms with Gasteiger partial charge in [0, 0.05) is 35.4 Å². The van der Waals surface area contributed by atoms with Crippen LogP contribution in [0.5, 0.6) is 0 Å². The van der Waals surface area contributed by atoms with Crippen LogP contribution < -0.4 is 10.2 Å². The number of rotatable bonds is 5. The van der Waals surface area contributed by atoms with E-state index in [-0.39, 0.29) is 11.5 Å². The van der Waals surface area contributed by atoms with E-state index >= 15 is 0 Å². The fourth-order valence-electron chi connectivity index (χ4n) is 2.81. The molecule has 0 unspecified atom stereocenters. The fourth-order valence-corrected chi connectivity index (χ4v) is 3.17. The minimum absolute atomic E-state index is 0.0778. The molecule has 8 nitrogen and oxygen atoms in total. The van der Waals surface area contributed by atoms with E-state index in [0.717, 1.165) is 28.9 Å². The Morgan fingerprint density at radius 3 is 2.48 bits per heavy atom. The molecule has 1 aromatic heterocycles. The fraction of sp³-hybridized carbons (Fsp3) is 0.375. The molecule has 1 N–H and O–H groups in total. The third kappa shape index (κ3) is 4.15. The van der Waals surface area contributed by atoms with Crippen LogP contribution in [0, 0.1) is 13.7 Å². The SMILES string of the molecule is CCN1CCN(c2ncnc(Nc3ccc(I)cc3)c2[N+](=O)[O-])CC1.